The second kappa shape index (κ2) is 15.6. The lowest BCUT2D eigenvalue weighted by Gasteiger charge is -2.21. The van der Waals surface area contributed by atoms with Crippen molar-refractivity contribution in [2.45, 2.75) is 77.5 Å². The van der Waals surface area contributed by atoms with Crippen molar-refractivity contribution in [1.29, 1.82) is 0 Å². The number of nitrogens with one attached hydrogen (secondary N) is 1. The van der Waals surface area contributed by atoms with E-state index in [1.807, 2.05) is 67.7 Å². The molecule has 1 N–H and O–H groups in total. The van der Waals surface area contributed by atoms with Gasteiger partial charge in [-0.15, -0.1) is 0 Å². The number of aromatic nitrogens is 3. The summed E-state index contributed by atoms with van der Waals surface area (Å²) >= 11 is 10.0. The highest BCUT2D eigenvalue weighted by atomic mass is 79.9. The van der Waals surface area contributed by atoms with E-state index in [1.165, 1.54) is 4.90 Å². The van der Waals surface area contributed by atoms with Crippen molar-refractivity contribution in [1.82, 2.24) is 24.6 Å². The smallest absolute Gasteiger partial charge is 0.410 e. The van der Waals surface area contributed by atoms with Crippen LogP contribution in [0.1, 0.15) is 76.4 Å². The SMILES string of the molecule is CCOC(=O)CN(CC/C=C/c1cnc(Cl)c2c(Br)nc([C@@H]3CC[C@@H](NC(=O)OC(C)(C)C)C3)n12)C(=O)OCc1ccccc1. The summed E-state index contributed by atoms with van der Waals surface area (Å²) in [5.74, 6) is 0.363. The van der Waals surface area contributed by atoms with Crippen LogP contribution in [0.2, 0.25) is 5.15 Å². The molecule has 2 aromatic heterocycles. The van der Waals surface area contributed by atoms with Crippen LogP contribution in [0.4, 0.5) is 9.59 Å². The van der Waals surface area contributed by atoms with E-state index >= 15 is 0 Å². The second-order valence-electron chi connectivity index (χ2n) is 11.7. The van der Waals surface area contributed by atoms with Crippen LogP contribution < -0.4 is 5.32 Å². The molecule has 0 radical (unpaired) electrons. The normalized spacial score (nSPS) is 16.6. The zero-order valence-corrected chi connectivity index (χ0v) is 28.3. The Hall–Kier alpha value is -3.64. The number of nitrogens with zero attached hydrogens (tertiary/aromatic N) is 4. The zero-order chi connectivity index (χ0) is 32.6. The first-order valence-electron chi connectivity index (χ1n) is 14.9. The van der Waals surface area contributed by atoms with E-state index in [0.29, 0.717) is 28.1 Å². The number of amides is 2. The van der Waals surface area contributed by atoms with Gasteiger partial charge in [-0.1, -0.05) is 48.0 Å². The molecule has 4 rings (SSSR count). The maximum absolute atomic E-state index is 12.9. The van der Waals surface area contributed by atoms with Crippen LogP contribution in [0.15, 0.2) is 47.2 Å². The Bertz CT molecular complexity index is 1520. The van der Waals surface area contributed by atoms with Crippen molar-refractivity contribution in [3.05, 3.63) is 69.4 Å². The van der Waals surface area contributed by atoms with E-state index in [9.17, 15) is 14.4 Å². The monoisotopic (exact) mass is 703 g/mol. The highest BCUT2D eigenvalue weighted by molar-refractivity contribution is 9.10. The molecule has 1 aliphatic rings. The van der Waals surface area contributed by atoms with Gasteiger partial charge in [0.25, 0.3) is 0 Å². The van der Waals surface area contributed by atoms with Crippen molar-refractivity contribution in [3.63, 3.8) is 0 Å². The third kappa shape index (κ3) is 9.67. The minimum absolute atomic E-state index is 0.0423. The van der Waals surface area contributed by atoms with Gasteiger partial charge in [-0.05, 0) is 80.9 Å². The molecule has 1 saturated carbocycles. The molecule has 11 nitrogen and oxygen atoms in total. The summed E-state index contributed by atoms with van der Waals surface area (Å²) in [7, 11) is 0. The quantitative estimate of drug-likeness (QED) is 0.169. The second-order valence-corrected chi connectivity index (χ2v) is 12.8. The lowest BCUT2D eigenvalue weighted by atomic mass is 10.1. The van der Waals surface area contributed by atoms with Crippen molar-refractivity contribution in [2.75, 3.05) is 19.7 Å². The van der Waals surface area contributed by atoms with E-state index in [0.717, 1.165) is 29.9 Å². The number of alkyl carbamates (subject to hydrolysis) is 1. The summed E-state index contributed by atoms with van der Waals surface area (Å²) in [6.45, 7) is 7.53. The fraction of sp³-hybridized carbons (Fsp3) is 0.469. The van der Waals surface area contributed by atoms with Gasteiger partial charge in [0.05, 0.1) is 18.5 Å². The maximum atomic E-state index is 12.9. The van der Waals surface area contributed by atoms with Crippen LogP contribution >= 0.6 is 27.5 Å². The lowest BCUT2D eigenvalue weighted by Crippen LogP contribution is -2.37. The fourth-order valence-corrected chi connectivity index (χ4v) is 6.03. The van der Waals surface area contributed by atoms with Crippen LogP contribution in [-0.2, 0) is 25.6 Å². The molecule has 1 fully saturated rings. The number of hydrogen-bond donors (Lipinski definition) is 1. The van der Waals surface area contributed by atoms with Gasteiger partial charge in [0, 0.05) is 18.5 Å². The minimum Gasteiger partial charge on any atom is -0.465 e. The van der Waals surface area contributed by atoms with Gasteiger partial charge >= 0.3 is 18.2 Å². The van der Waals surface area contributed by atoms with Gasteiger partial charge in [0.15, 0.2) is 5.15 Å². The number of ether oxygens (including phenoxy) is 3. The van der Waals surface area contributed by atoms with Crippen molar-refractivity contribution in [2.24, 2.45) is 0 Å². The summed E-state index contributed by atoms with van der Waals surface area (Å²) in [5.41, 5.74) is 1.66. The summed E-state index contributed by atoms with van der Waals surface area (Å²) in [4.78, 5) is 47.9. The molecule has 242 valence electrons. The molecule has 2 heterocycles. The van der Waals surface area contributed by atoms with E-state index in [2.05, 4.69) is 26.2 Å². The van der Waals surface area contributed by atoms with Gasteiger partial charge in [0.2, 0.25) is 0 Å². The molecule has 2 amide bonds. The largest absolute Gasteiger partial charge is 0.465 e. The number of carbonyl (C=O) groups excluding carboxylic acids is 3. The lowest BCUT2D eigenvalue weighted by molar-refractivity contribution is -0.144. The van der Waals surface area contributed by atoms with Gasteiger partial charge in [0.1, 0.15) is 34.7 Å². The molecule has 0 saturated heterocycles. The average molecular weight is 705 g/mol. The number of esters is 1. The highest BCUT2D eigenvalue weighted by Gasteiger charge is 2.32. The third-order valence-electron chi connectivity index (χ3n) is 7.09. The number of halogens is 2. The molecule has 2 atom stereocenters. The topological polar surface area (TPSA) is 124 Å². The third-order valence-corrected chi connectivity index (χ3v) is 7.92. The summed E-state index contributed by atoms with van der Waals surface area (Å²) in [5, 5.41) is 3.29. The Morgan fingerprint density at radius 1 is 1.18 bits per heavy atom. The molecule has 1 aliphatic carbocycles. The Balaban J connectivity index is 1.46. The number of rotatable bonds is 11. The van der Waals surface area contributed by atoms with Crippen molar-refractivity contribution >= 4 is 57.3 Å². The van der Waals surface area contributed by atoms with Crippen molar-refractivity contribution < 1.29 is 28.6 Å². The summed E-state index contributed by atoms with van der Waals surface area (Å²) in [6, 6.07) is 9.29. The number of carbonyl (C=O) groups is 3. The molecule has 3 aromatic rings. The van der Waals surface area contributed by atoms with Crippen LogP contribution in [0, 0.1) is 0 Å². The van der Waals surface area contributed by atoms with Crippen molar-refractivity contribution in [3.8, 4) is 0 Å². The molecule has 0 unspecified atom stereocenters. The van der Waals surface area contributed by atoms with E-state index < -0.39 is 23.8 Å². The van der Waals surface area contributed by atoms with Crippen LogP contribution in [0.5, 0.6) is 0 Å². The zero-order valence-electron chi connectivity index (χ0n) is 25.9. The van der Waals surface area contributed by atoms with Gasteiger partial charge in [-0.3, -0.25) is 14.1 Å². The van der Waals surface area contributed by atoms with Gasteiger partial charge in [-0.2, -0.15) is 0 Å². The number of hydrogen-bond acceptors (Lipinski definition) is 8. The van der Waals surface area contributed by atoms with Gasteiger partial charge in [-0.25, -0.2) is 19.6 Å². The van der Waals surface area contributed by atoms with Crippen LogP contribution in [0.3, 0.4) is 0 Å². The molecule has 13 heteroatoms. The van der Waals surface area contributed by atoms with E-state index in [-0.39, 0.29) is 38.3 Å². The average Bonchev–Trinajstić information content (AvgIpc) is 3.58. The van der Waals surface area contributed by atoms with E-state index in [4.69, 9.17) is 30.8 Å². The Kier molecular flexibility index (Phi) is 11.8. The molecule has 0 aliphatic heterocycles. The Labute approximate surface area is 276 Å². The van der Waals surface area contributed by atoms with Crippen LogP contribution in [0.25, 0.3) is 11.6 Å². The molecule has 0 bridgehead atoms. The highest BCUT2D eigenvalue weighted by Crippen LogP contribution is 2.38. The predicted octanol–water partition coefficient (Wildman–Crippen LogP) is 6.91. The standard InChI is InChI=1S/C32H39BrClN5O6/c1-5-43-25(40)19-38(31(42)44-20-21-11-7-6-8-12-21)16-10-9-13-24-18-35-28(34)26-27(33)37-29(39(24)26)22-14-15-23(17-22)36-30(41)45-32(2,3)4/h6-9,11-13,18,22-23H,5,10,14-17,19-20H2,1-4H3,(H,36,41)/b13-9+/t22-,23-/m1/s1. The number of benzene rings is 1. The van der Waals surface area contributed by atoms with Crippen LogP contribution in [-0.4, -0.2) is 68.8 Å². The first-order chi connectivity index (χ1) is 21.4. The van der Waals surface area contributed by atoms with E-state index in [1.54, 1.807) is 13.1 Å². The Morgan fingerprint density at radius 2 is 1.93 bits per heavy atom. The number of fused-ring (bicyclic) bond motifs is 1. The first-order valence-corrected chi connectivity index (χ1v) is 16.1. The molecular formula is C32H39BrClN5O6. The van der Waals surface area contributed by atoms with Gasteiger partial charge < -0.3 is 19.5 Å². The fourth-order valence-electron chi connectivity index (χ4n) is 5.15. The maximum Gasteiger partial charge on any atom is 0.410 e. The summed E-state index contributed by atoms with van der Waals surface area (Å²) < 4.78 is 18.5. The number of imidazole rings is 1. The predicted molar refractivity (Wildman–Crippen MR) is 174 cm³/mol. The molecule has 0 spiro atoms. The summed E-state index contributed by atoms with van der Waals surface area (Å²) in [6.07, 6.45) is 7.15. The molecule has 45 heavy (non-hydrogen) atoms. The molecule has 1 aromatic carbocycles. The minimum atomic E-state index is -0.604. The Morgan fingerprint density at radius 3 is 2.64 bits per heavy atom. The first kappa shape index (κ1) is 34.2. The molecular weight excluding hydrogens is 666 g/mol.